The van der Waals surface area contributed by atoms with Gasteiger partial charge in [-0.05, 0) is 42.4 Å². The Bertz CT molecular complexity index is 496. The van der Waals surface area contributed by atoms with Crippen LogP contribution in [0, 0.1) is 0 Å². The third kappa shape index (κ3) is 4.05. The number of nitrogens with one attached hydrogen (secondary N) is 1. The van der Waals surface area contributed by atoms with Gasteiger partial charge in [0.15, 0.2) is 0 Å². The van der Waals surface area contributed by atoms with Gasteiger partial charge in [0, 0.05) is 21.4 Å². The molecule has 2 aromatic carbocycles. The minimum absolute atomic E-state index is 0.781. The van der Waals surface area contributed by atoms with Gasteiger partial charge in [0.25, 0.3) is 0 Å². The predicted octanol–water partition coefficient (Wildman–Crippen LogP) is 4.60. The Kier molecular flexibility index (Phi) is 5.12. The second kappa shape index (κ2) is 6.83. The second-order valence-corrected chi connectivity index (χ2v) is 5.57. The average Bonchev–Trinajstić information content (AvgIpc) is 2.38. The fraction of sp³-hybridized carbons (Fsp3) is 0.200. The van der Waals surface area contributed by atoms with Gasteiger partial charge in [0.05, 0.1) is 0 Å². The van der Waals surface area contributed by atoms with Crippen LogP contribution in [0.1, 0.15) is 12.5 Å². The van der Waals surface area contributed by atoms with Crippen LogP contribution in [0.4, 0.5) is 0 Å². The van der Waals surface area contributed by atoms with Crippen molar-refractivity contribution in [3.05, 3.63) is 59.1 Å². The van der Waals surface area contributed by atoms with Crippen LogP contribution in [0.15, 0.2) is 58.3 Å². The summed E-state index contributed by atoms with van der Waals surface area (Å²) in [5.41, 5.74) is 1.31. The summed E-state index contributed by atoms with van der Waals surface area (Å²) in [5, 5.41) is 4.10. The third-order valence-electron chi connectivity index (χ3n) is 2.53. The minimum Gasteiger partial charge on any atom is -0.313 e. The van der Waals surface area contributed by atoms with E-state index in [1.807, 2.05) is 18.2 Å². The van der Waals surface area contributed by atoms with Crippen LogP contribution in [-0.4, -0.2) is 6.54 Å². The fourth-order valence-electron chi connectivity index (χ4n) is 1.61. The van der Waals surface area contributed by atoms with E-state index in [2.05, 4.69) is 42.6 Å². The van der Waals surface area contributed by atoms with Crippen molar-refractivity contribution in [3.8, 4) is 0 Å². The Morgan fingerprint density at radius 1 is 1.06 bits per heavy atom. The molecule has 94 valence electrons. The van der Waals surface area contributed by atoms with Crippen LogP contribution >= 0.6 is 23.4 Å². The van der Waals surface area contributed by atoms with E-state index in [0.717, 1.165) is 18.1 Å². The van der Waals surface area contributed by atoms with Crippen LogP contribution < -0.4 is 5.32 Å². The average molecular weight is 278 g/mol. The maximum absolute atomic E-state index is 5.97. The summed E-state index contributed by atoms with van der Waals surface area (Å²) in [6.45, 7) is 4.04. The molecule has 1 nitrogen and oxygen atoms in total. The number of hydrogen-bond donors (Lipinski definition) is 1. The Morgan fingerprint density at radius 2 is 1.83 bits per heavy atom. The molecular weight excluding hydrogens is 262 g/mol. The molecule has 0 amide bonds. The highest BCUT2D eigenvalue weighted by Crippen LogP contribution is 2.29. The van der Waals surface area contributed by atoms with Crippen molar-refractivity contribution in [3.63, 3.8) is 0 Å². The van der Waals surface area contributed by atoms with E-state index in [9.17, 15) is 0 Å². The van der Waals surface area contributed by atoms with Crippen molar-refractivity contribution in [2.45, 2.75) is 23.3 Å². The lowest BCUT2D eigenvalue weighted by Crippen LogP contribution is -2.11. The second-order valence-electron chi connectivity index (χ2n) is 3.98. The van der Waals surface area contributed by atoms with E-state index in [1.165, 1.54) is 15.4 Å². The molecule has 0 aliphatic carbocycles. The van der Waals surface area contributed by atoms with Gasteiger partial charge >= 0.3 is 0 Å². The maximum Gasteiger partial charge on any atom is 0.0417 e. The summed E-state index contributed by atoms with van der Waals surface area (Å²) < 4.78 is 0. The topological polar surface area (TPSA) is 12.0 Å². The first-order valence-electron chi connectivity index (χ1n) is 6.01. The summed E-state index contributed by atoms with van der Waals surface area (Å²) >= 11 is 7.70. The SMILES string of the molecule is CCNCc1ccc(Sc2cccc(Cl)c2)cc1. The highest BCUT2D eigenvalue weighted by atomic mass is 35.5. The molecule has 0 atom stereocenters. The van der Waals surface area contributed by atoms with Crippen LogP contribution in [0.25, 0.3) is 0 Å². The zero-order chi connectivity index (χ0) is 12.8. The number of benzene rings is 2. The summed E-state index contributed by atoms with van der Waals surface area (Å²) in [6, 6.07) is 16.6. The lowest BCUT2D eigenvalue weighted by molar-refractivity contribution is 0.726. The van der Waals surface area contributed by atoms with Gasteiger partial charge in [-0.15, -0.1) is 0 Å². The highest BCUT2D eigenvalue weighted by Gasteiger charge is 1.99. The maximum atomic E-state index is 5.97. The molecule has 0 heterocycles. The normalized spacial score (nSPS) is 10.6. The number of hydrogen-bond acceptors (Lipinski definition) is 2. The number of rotatable bonds is 5. The van der Waals surface area contributed by atoms with Crippen molar-refractivity contribution in [1.82, 2.24) is 5.32 Å². The molecule has 18 heavy (non-hydrogen) atoms. The largest absolute Gasteiger partial charge is 0.313 e. The molecule has 3 heteroatoms. The van der Waals surface area contributed by atoms with Gasteiger partial charge < -0.3 is 5.32 Å². The van der Waals surface area contributed by atoms with E-state index < -0.39 is 0 Å². The standard InChI is InChI=1S/C15H16ClNS/c1-2-17-11-12-6-8-14(9-7-12)18-15-5-3-4-13(16)10-15/h3-10,17H,2,11H2,1H3. The molecule has 0 fully saturated rings. The van der Waals surface area contributed by atoms with Gasteiger partial charge in [-0.3, -0.25) is 0 Å². The van der Waals surface area contributed by atoms with Crippen LogP contribution in [0.5, 0.6) is 0 Å². The summed E-state index contributed by atoms with van der Waals surface area (Å²) in [5.74, 6) is 0. The van der Waals surface area contributed by atoms with E-state index in [1.54, 1.807) is 11.8 Å². The highest BCUT2D eigenvalue weighted by molar-refractivity contribution is 7.99. The van der Waals surface area contributed by atoms with Crippen molar-refractivity contribution in [2.24, 2.45) is 0 Å². The predicted molar refractivity (Wildman–Crippen MR) is 79.4 cm³/mol. The van der Waals surface area contributed by atoms with Gasteiger partial charge in [-0.2, -0.15) is 0 Å². The lowest BCUT2D eigenvalue weighted by Gasteiger charge is -2.05. The quantitative estimate of drug-likeness (QED) is 0.857. The molecule has 0 unspecified atom stereocenters. The molecule has 0 radical (unpaired) electrons. The molecule has 0 aliphatic rings. The van der Waals surface area contributed by atoms with E-state index in [-0.39, 0.29) is 0 Å². The first-order valence-corrected chi connectivity index (χ1v) is 7.20. The van der Waals surface area contributed by atoms with E-state index in [4.69, 9.17) is 11.6 Å². The van der Waals surface area contributed by atoms with Crippen LogP contribution in [0.2, 0.25) is 5.02 Å². The molecule has 1 N–H and O–H groups in total. The minimum atomic E-state index is 0.781. The number of halogens is 1. The van der Waals surface area contributed by atoms with Crippen molar-refractivity contribution in [1.29, 1.82) is 0 Å². The van der Waals surface area contributed by atoms with Gasteiger partial charge in [-0.25, -0.2) is 0 Å². The fourth-order valence-corrected chi connectivity index (χ4v) is 2.74. The van der Waals surface area contributed by atoms with Crippen molar-refractivity contribution < 1.29 is 0 Å². The Balaban J connectivity index is 2.02. The molecule has 0 bridgehead atoms. The zero-order valence-corrected chi connectivity index (χ0v) is 11.9. The molecule has 2 aromatic rings. The zero-order valence-electron chi connectivity index (χ0n) is 10.3. The van der Waals surface area contributed by atoms with Gasteiger partial charge in [0.2, 0.25) is 0 Å². The van der Waals surface area contributed by atoms with Crippen molar-refractivity contribution >= 4 is 23.4 Å². The van der Waals surface area contributed by atoms with Gasteiger partial charge in [0.1, 0.15) is 0 Å². The Morgan fingerprint density at radius 3 is 2.50 bits per heavy atom. The van der Waals surface area contributed by atoms with Gasteiger partial charge in [-0.1, -0.05) is 48.5 Å². The molecule has 0 aliphatic heterocycles. The summed E-state index contributed by atoms with van der Waals surface area (Å²) in [4.78, 5) is 2.40. The molecule has 0 spiro atoms. The molecule has 0 saturated carbocycles. The van der Waals surface area contributed by atoms with E-state index in [0.29, 0.717) is 0 Å². The summed E-state index contributed by atoms with van der Waals surface area (Å²) in [6.07, 6.45) is 0. The summed E-state index contributed by atoms with van der Waals surface area (Å²) in [7, 11) is 0. The third-order valence-corrected chi connectivity index (χ3v) is 3.77. The lowest BCUT2D eigenvalue weighted by atomic mass is 10.2. The molecule has 0 aromatic heterocycles. The van der Waals surface area contributed by atoms with E-state index >= 15 is 0 Å². The molecule has 0 saturated heterocycles. The molecular formula is C15H16ClNS. The van der Waals surface area contributed by atoms with Crippen LogP contribution in [-0.2, 0) is 6.54 Å². The van der Waals surface area contributed by atoms with Crippen molar-refractivity contribution in [2.75, 3.05) is 6.54 Å². The monoisotopic (exact) mass is 277 g/mol. The van der Waals surface area contributed by atoms with Crippen LogP contribution in [0.3, 0.4) is 0 Å². The first kappa shape index (κ1) is 13.5. The molecule has 2 rings (SSSR count). The smallest absolute Gasteiger partial charge is 0.0417 e. The first-order chi connectivity index (χ1) is 8.78. The Hall–Kier alpha value is -0.960. The Labute approximate surface area is 118 Å².